The van der Waals surface area contributed by atoms with Gasteiger partial charge in [0.15, 0.2) is 22.5 Å². The molecule has 9 heteroatoms. The van der Waals surface area contributed by atoms with Crippen LogP contribution in [-0.2, 0) is 11.8 Å². The van der Waals surface area contributed by atoms with Crippen molar-refractivity contribution in [2.24, 2.45) is 7.05 Å². The third-order valence-electron chi connectivity index (χ3n) is 3.96. The summed E-state index contributed by atoms with van der Waals surface area (Å²) in [5, 5.41) is 12.0. The Bertz CT molecular complexity index is 993. The lowest BCUT2D eigenvalue weighted by molar-refractivity contribution is -0.113. The summed E-state index contributed by atoms with van der Waals surface area (Å²) >= 11 is 4.74. The van der Waals surface area contributed by atoms with E-state index in [-0.39, 0.29) is 11.7 Å². The van der Waals surface area contributed by atoms with E-state index >= 15 is 0 Å². The molecular formula is C19H19BrN4O3S. The highest BCUT2D eigenvalue weighted by atomic mass is 79.9. The fourth-order valence-electron chi connectivity index (χ4n) is 2.55. The summed E-state index contributed by atoms with van der Waals surface area (Å²) in [5.41, 5.74) is 1.58. The number of amides is 1. The van der Waals surface area contributed by atoms with E-state index in [2.05, 4.69) is 31.4 Å². The molecule has 0 aliphatic rings. The van der Waals surface area contributed by atoms with Gasteiger partial charge < -0.3 is 19.4 Å². The van der Waals surface area contributed by atoms with Crippen molar-refractivity contribution in [1.29, 1.82) is 0 Å². The van der Waals surface area contributed by atoms with Gasteiger partial charge in [0.05, 0.1) is 25.7 Å². The molecule has 0 saturated heterocycles. The Labute approximate surface area is 175 Å². The maximum Gasteiger partial charge on any atom is 0.234 e. The molecular weight excluding hydrogens is 444 g/mol. The number of carbonyl (C=O) groups is 1. The highest BCUT2D eigenvalue weighted by Gasteiger charge is 2.15. The van der Waals surface area contributed by atoms with Crippen molar-refractivity contribution >= 4 is 39.3 Å². The quantitative estimate of drug-likeness (QED) is 0.534. The minimum absolute atomic E-state index is 0.118. The van der Waals surface area contributed by atoms with E-state index < -0.39 is 0 Å². The number of hydrogen-bond acceptors (Lipinski definition) is 6. The summed E-state index contributed by atoms with van der Waals surface area (Å²) in [6, 6.07) is 13.0. The molecule has 0 spiro atoms. The van der Waals surface area contributed by atoms with Gasteiger partial charge in [0, 0.05) is 17.1 Å². The van der Waals surface area contributed by atoms with Crippen LogP contribution in [0, 0.1) is 0 Å². The van der Waals surface area contributed by atoms with Crippen LogP contribution in [-0.4, -0.2) is 40.6 Å². The molecule has 0 unspecified atom stereocenters. The van der Waals surface area contributed by atoms with Crippen LogP contribution in [0.3, 0.4) is 0 Å². The zero-order valence-corrected chi connectivity index (χ0v) is 18.0. The van der Waals surface area contributed by atoms with E-state index in [1.54, 1.807) is 14.2 Å². The molecule has 0 bridgehead atoms. The second kappa shape index (κ2) is 9.11. The number of aromatic nitrogens is 3. The summed E-state index contributed by atoms with van der Waals surface area (Å²) < 4.78 is 13.3. The lowest BCUT2D eigenvalue weighted by atomic mass is 10.2. The lowest BCUT2D eigenvalue weighted by Crippen LogP contribution is -2.14. The van der Waals surface area contributed by atoms with Crippen LogP contribution in [0.1, 0.15) is 0 Å². The molecule has 0 fully saturated rings. The van der Waals surface area contributed by atoms with Crippen molar-refractivity contribution in [3.63, 3.8) is 0 Å². The summed E-state index contributed by atoms with van der Waals surface area (Å²) in [6.45, 7) is 0. The topological polar surface area (TPSA) is 78.3 Å². The van der Waals surface area contributed by atoms with Gasteiger partial charge in [-0.3, -0.25) is 4.79 Å². The number of nitrogens with one attached hydrogen (secondary N) is 1. The Kier molecular flexibility index (Phi) is 6.58. The predicted molar refractivity (Wildman–Crippen MR) is 113 cm³/mol. The second-order valence-electron chi connectivity index (χ2n) is 5.75. The van der Waals surface area contributed by atoms with Crippen LogP contribution in [0.15, 0.2) is 52.1 Å². The molecule has 0 aliphatic carbocycles. The molecule has 0 radical (unpaired) electrons. The van der Waals surface area contributed by atoms with Crippen LogP contribution in [0.2, 0.25) is 0 Å². The minimum Gasteiger partial charge on any atom is -0.493 e. The molecule has 1 amide bonds. The minimum atomic E-state index is -0.118. The highest BCUT2D eigenvalue weighted by molar-refractivity contribution is 9.10. The van der Waals surface area contributed by atoms with Crippen LogP contribution in [0.5, 0.6) is 11.5 Å². The number of ether oxygens (including phenoxy) is 2. The van der Waals surface area contributed by atoms with Gasteiger partial charge in [-0.2, -0.15) is 0 Å². The molecule has 0 atom stereocenters. The van der Waals surface area contributed by atoms with E-state index in [0.29, 0.717) is 22.5 Å². The summed E-state index contributed by atoms with van der Waals surface area (Å²) in [7, 11) is 5.04. The fourth-order valence-corrected chi connectivity index (χ4v) is 3.64. The normalized spacial score (nSPS) is 10.6. The molecule has 3 rings (SSSR count). The van der Waals surface area contributed by atoms with Crippen molar-refractivity contribution in [2.45, 2.75) is 5.16 Å². The third kappa shape index (κ3) is 4.48. The number of rotatable bonds is 7. The number of thioether (sulfide) groups is 1. The smallest absolute Gasteiger partial charge is 0.234 e. The molecule has 1 N–H and O–H groups in total. The van der Waals surface area contributed by atoms with Gasteiger partial charge >= 0.3 is 0 Å². The average molecular weight is 463 g/mol. The van der Waals surface area contributed by atoms with Crippen LogP contribution in [0.4, 0.5) is 5.69 Å². The second-order valence-corrected chi connectivity index (χ2v) is 7.55. The number of hydrogen-bond donors (Lipinski definition) is 1. The van der Waals surface area contributed by atoms with Gasteiger partial charge in [-0.05, 0) is 46.3 Å². The first-order valence-corrected chi connectivity index (χ1v) is 10.1. The van der Waals surface area contributed by atoms with E-state index in [1.165, 1.54) is 11.8 Å². The SMILES string of the molecule is COc1ccc(-c2nnc(SCC(=O)Nc3ccccc3Br)n2C)cc1OC. The van der Waals surface area contributed by atoms with Crippen LogP contribution >= 0.6 is 27.7 Å². The number of methoxy groups -OCH3 is 2. The lowest BCUT2D eigenvalue weighted by Gasteiger charge is -2.09. The number of halogens is 1. The number of benzene rings is 2. The zero-order chi connectivity index (χ0) is 20.1. The first kappa shape index (κ1) is 20.2. The number of nitrogens with zero attached hydrogens (tertiary/aromatic N) is 3. The van der Waals surface area contributed by atoms with Gasteiger partial charge in [-0.15, -0.1) is 10.2 Å². The monoisotopic (exact) mass is 462 g/mol. The number of anilines is 1. The van der Waals surface area contributed by atoms with E-state index in [9.17, 15) is 4.79 Å². The van der Waals surface area contributed by atoms with Crippen LogP contribution in [0.25, 0.3) is 11.4 Å². The van der Waals surface area contributed by atoms with Crippen molar-refractivity contribution < 1.29 is 14.3 Å². The van der Waals surface area contributed by atoms with E-state index in [4.69, 9.17) is 9.47 Å². The molecule has 0 aliphatic heterocycles. The Hall–Kier alpha value is -2.52. The Morgan fingerprint density at radius 3 is 2.61 bits per heavy atom. The zero-order valence-electron chi connectivity index (χ0n) is 15.6. The summed E-state index contributed by atoms with van der Waals surface area (Å²) in [6.07, 6.45) is 0. The van der Waals surface area contributed by atoms with E-state index in [0.717, 1.165) is 15.7 Å². The molecule has 28 heavy (non-hydrogen) atoms. The molecule has 1 aromatic heterocycles. The van der Waals surface area contributed by atoms with Crippen molar-refractivity contribution in [1.82, 2.24) is 14.8 Å². The Morgan fingerprint density at radius 1 is 1.14 bits per heavy atom. The molecule has 0 saturated carbocycles. The highest BCUT2D eigenvalue weighted by Crippen LogP contribution is 2.32. The maximum atomic E-state index is 12.2. The fraction of sp³-hybridized carbons (Fsp3) is 0.211. The van der Waals surface area contributed by atoms with Gasteiger partial charge in [0.1, 0.15) is 0 Å². The maximum absolute atomic E-state index is 12.2. The summed E-state index contributed by atoms with van der Waals surface area (Å²) in [4.78, 5) is 12.2. The average Bonchev–Trinajstić information content (AvgIpc) is 3.08. The first-order chi connectivity index (χ1) is 13.5. The van der Waals surface area contributed by atoms with Gasteiger partial charge in [-0.25, -0.2) is 0 Å². The van der Waals surface area contributed by atoms with Crippen molar-refractivity contribution in [2.75, 3.05) is 25.3 Å². The number of para-hydroxylation sites is 1. The Balaban J connectivity index is 1.70. The van der Waals surface area contributed by atoms with Crippen molar-refractivity contribution in [3.8, 4) is 22.9 Å². The van der Waals surface area contributed by atoms with Gasteiger partial charge in [0.25, 0.3) is 0 Å². The molecule has 1 heterocycles. The predicted octanol–water partition coefficient (Wildman–Crippen LogP) is 3.99. The Morgan fingerprint density at radius 2 is 1.89 bits per heavy atom. The molecule has 146 valence electrons. The summed E-state index contributed by atoms with van der Waals surface area (Å²) in [5.74, 6) is 2.04. The molecule has 7 nitrogen and oxygen atoms in total. The largest absolute Gasteiger partial charge is 0.493 e. The van der Waals surface area contributed by atoms with Gasteiger partial charge in [0.2, 0.25) is 5.91 Å². The van der Waals surface area contributed by atoms with Crippen LogP contribution < -0.4 is 14.8 Å². The standard InChI is InChI=1S/C19H19BrN4O3S/c1-24-18(12-8-9-15(26-2)16(10-12)27-3)22-23-19(24)28-11-17(25)21-14-7-5-4-6-13(14)20/h4-10H,11H2,1-3H3,(H,21,25). The third-order valence-corrected chi connectivity index (χ3v) is 5.67. The molecule has 3 aromatic rings. The van der Waals surface area contributed by atoms with Gasteiger partial charge in [-0.1, -0.05) is 23.9 Å². The van der Waals surface area contributed by atoms with E-state index in [1.807, 2.05) is 54.1 Å². The van der Waals surface area contributed by atoms with Crippen molar-refractivity contribution in [3.05, 3.63) is 46.9 Å². The number of carbonyl (C=O) groups excluding carboxylic acids is 1. The molecule has 2 aromatic carbocycles. The first-order valence-electron chi connectivity index (χ1n) is 8.32.